The van der Waals surface area contributed by atoms with Crippen molar-refractivity contribution in [1.82, 2.24) is 9.55 Å². The summed E-state index contributed by atoms with van der Waals surface area (Å²) in [7, 11) is 0. The van der Waals surface area contributed by atoms with E-state index in [9.17, 15) is 15.2 Å². The molecule has 1 aliphatic heterocycles. The van der Waals surface area contributed by atoms with E-state index in [2.05, 4.69) is 10.1 Å². The van der Waals surface area contributed by atoms with Crippen molar-refractivity contribution in [2.75, 3.05) is 6.61 Å². The summed E-state index contributed by atoms with van der Waals surface area (Å²) in [6, 6.07) is 0. The molecule has 4 atom stereocenters. The summed E-state index contributed by atoms with van der Waals surface area (Å²) in [4.78, 5) is 13.5. The van der Waals surface area contributed by atoms with Gasteiger partial charge in [-0.05, 0) is 4.92 Å². The van der Waals surface area contributed by atoms with Crippen molar-refractivity contribution in [1.29, 1.82) is 1.43 Å². The number of hydrogen-bond donors (Lipinski definition) is 3. The van der Waals surface area contributed by atoms with Crippen molar-refractivity contribution in [3.63, 3.8) is 0 Å². The summed E-state index contributed by atoms with van der Waals surface area (Å²) < 4.78 is 13.2. The SMILES string of the molecule is [2H]O[C@H]1C(n2ccnc2[N+](=O)[O-])O[C@H](CO)[C@H]1O. The maximum Gasteiger partial charge on any atom is 0.436 e. The van der Waals surface area contributed by atoms with E-state index in [0.29, 0.717) is 0 Å². The average molecular weight is 246 g/mol. The van der Waals surface area contributed by atoms with Crippen LogP contribution in [0.4, 0.5) is 5.95 Å². The molecule has 1 aromatic heterocycles. The van der Waals surface area contributed by atoms with Crippen LogP contribution in [0.5, 0.6) is 0 Å². The lowest BCUT2D eigenvalue weighted by molar-refractivity contribution is -0.398. The lowest BCUT2D eigenvalue weighted by atomic mass is 10.1. The number of rotatable bonds is 4. The molecule has 0 aliphatic carbocycles. The van der Waals surface area contributed by atoms with Crippen molar-refractivity contribution in [2.45, 2.75) is 24.5 Å². The fraction of sp³-hybridized carbons (Fsp3) is 0.625. The number of aliphatic hydroxyl groups excluding tert-OH is 3. The first kappa shape index (κ1) is 10.6. The molecule has 0 saturated carbocycles. The van der Waals surface area contributed by atoms with Gasteiger partial charge in [-0.2, -0.15) is 4.57 Å². The molecule has 9 heteroatoms. The van der Waals surface area contributed by atoms with Gasteiger partial charge in [0.1, 0.15) is 30.7 Å². The van der Waals surface area contributed by atoms with E-state index in [0.717, 1.165) is 4.57 Å². The fourth-order valence-corrected chi connectivity index (χ4v) is 1.74. The summed E-state index contributed by atoms with van der Waals surface area (Å²) in [5.41, 5.74) is 0. The molecule has 3 N–H and O–H groups in total. The molecule has 2 rings (SSSR count). The molecule has 17 heavy (non-hydrogen) atoms. The highest BCUT2D eigenvalue weighted by Gasteiger charge is 2.46. The maximum absolute atomic E-state index is 10.7. The third kappa shape index (κ3) is 1.89. The van der Waals surface area contributed by atoms with Crippen LogP contribution in [0, 0.1) is 10.1 Å². The number of hydrogen-bond acceptors (Lipinski definition) is 7. The van der Waals surface area contributed by atoms with E-state index < -0.39 is 42.0 Å². The molecule has 1 aromatic rings. The first-order chi connectivity index (χ1) is 8.60. The van der Waals surface area contributed by atoms with Gasteiger partial charge in [0.2, 0.25) is 7.66 Å². The van der Waals surface area contributed by atoms with Crippen molar-refractivity contribution in [2.24, 2.45) is 0 Å². The van der Waals surface area contributed by atoms with Crippen LogP contribution < -0.4 is 0 Å². The number of aliphatic hydroxyl groups is 3. The van der Waals surface area contributed by atoms with E-state index >= 15 is 0 Å². The van der Waals surface area contributed by atoms with Crippen LogP contribution in [0.25, 0.3) is 0 Å². The Morgan fingerprint density at radius 3 is 3.06 bits per heavy atom. The van der Waals surface area contributed by atoms with E-state index in [1.54, 1.807) is 0 Å². The Balaban J connectivity index is 2.32. The molecule has 2 heterocycles. The van der Waals surface area contributed by atoms with Crippen LogP contribution in [0.2, 0.25) is 0 Å². The van der Waals surface area contributed by atoms with Gasteiger partial charge in [0.25, 0.3) is 0 Å². The zero-order valence-corrected chi connectivity index (χ0v) is 8.54. The average Bonchev–Trinajstić information content (AvgIpc) is 2.92. The van der Waals surface area contributed by atoms with Crippen LogP contribution in [0.1, 0.15) is 6.23 Å². The molecule has 0 spiro atoms. The number of imidazole rings is 1. The highest BCUT2D eigenvalue weighted by Crippen LogP contribution is 2.31. The fourth-order valence-electron chi connectivity index (χ4n) is 1.74. The first-order valence-corrected chi connectivity index (χ1v) is 4.83. The molecular formula is C8H11N3O6. The Labute approximate surface area is 96.5 Å². The predicted molar refractivity (Wildman–Crippen MR) is 51.9 cm³/mol. The van der Waals surface area contributed by atoms with Gasteiger partial charge in [0.15, 0.2) is 0 Å². The van der Waals surface area contributed by atoms with E-state index in [1.807, 2.05) is 0 Å². The second-order valence-corrected chi connectivity index (χ2v) is 3.59. The molecule has 9 nitrogen and oxygen atoms in total. The summed E-state index contributed by atoms with van der Waals surface area (Å²) in [5, 5.41) is 33.8. The van der Waals surface area contributed by atoms with E-state index in [1.165, 1.54) is 12.4 Å². The molecule has 0 radical (unpaired) electrons. The van der Waals surface area contributed by atoms with Gasteiger partial charge in [0.05, 0.1) is 6.61 Å². The minimum Gasteiger partial charge on any atom is -0.394 e. The number of ether oxygens (including phenoxy) is 1. The number of nitro groups is 1. The van der Waals surface area contributed by atoms with Gasteiger partial charge in [-0.25, -0.2) is 0 Å². The normalized spacial score (nSPS) is 33.6. The van der Waals surface area contributed by atoms with Crippen molar-refractivity contribution in [3.8, 4) is 0 Å². The Morgan fingerprint density at radius 2 is 2.47 bits per heavy atom. The van der Waals surface area contributed by atoms with Gasteiger partial charge < -0.3 is 30.2 Å². The van der Waals surface area contributed by atoms with E-state index in [-0.39, 0.29) is 0 Å². The quantitative estimate of drug-likeness (QED) is 0.430. The van der Waals surface area contributed by atoms with Crippen LogP contribution in [0.15, 0.2) is 12.4 Å². The molecule has 0 amide bonds. The van der Waals surface area contributed by atoms with E-state index in [4.69, 9.17) is 11.3 Å². The topological polar surface area (TPSA) is 131 Å². The highest BCUT2D eigenvalue weighted by molar-refractivity contribution is 5.09. The zero-order chi connectivity index (χ0) is 13.3. The second-order valence-electron chi connectivity index (χ2n) is 3.59. The third-order valence-electron chi connectivity index (χ3n) is 2.58. The monoisotopic (exact) mass is 246 g/mol. The lowest BCUT2D eigenvalue weighted by Gasteiger charge is -2.13. The molecule has 1 aliphatic rings. The second kappa shape index (κ2) is 4.37. The minimum absolute atomic E-state index is 0.486. The Bertz CT molecular complexity index is 440. The van der Waals surface area contributed by atoms with Gasteiger partial charge in [-0.1, -0.05) is 4.98 Å². The van der Waals surface area contributed by atoms with Crippen LogP contribution in [0.3, 0.4) is 0 Å². The predicted octanol–water partition coefficient (Wildman–Crippen LogP) is -1.60. The molecule has 1 saturated heterocycles. The summed E-state index contributed by atoms with van der Waals surface area (Å²) >= 11 is 0. The third-order valence-corrected chi connectivity index (χ3v) is 2.58. The minimum atomic E-state index is -1.25. The molecule has 0 bridgehead atoms. The number of nitrogens with zero attached hydrogens (tertiary/aromatic N) is 3. The molecule has 1 fully saturated rings. The van der Waals surface area contributed by atoms with Crippen LogP contribution >= 0.6 is 0 Å². The Hall–Kier alpha value is -1.55. The van der Waals surface area contributed by atoms with Crippen LogP contribution in [-0.2, 0) is 4.74 Å². The first-order valence-electron chi connectivity index (χ1n) is 5.24. The summed E-state index contributed by atoms with van der Waals surface area (Å²) in [5.74, 6) is -0.493. The number of aromatic nitrogens is 2. The van der Waals surface area contributed by atoms with Crippen LogP contribution in [-0.4, -0.2) is 56.1 Å². The summed E-state index contributed by atoms with van der Waals surface area (Å²) in [6.07, 6.45) is -1.97. The largest absolute Gasteiger partial charge is 0.436 e. The summed E-state index contributed by atoms with van der Waals surface area (Å²) in [6.45, 7) is -0.486. The van der Waals surface area contributed by atoms with Crippen molar-refractivity contribution in [3.05, 3.63) is 22.5 Å². The molecule has 1 unspecified atom stereocenters. The molecule has 94 valence electrons. The molecule has 0 aromatic carbocycles. The van der Waals surface area contributed by atoms with Gasteiger partial charge in [-0.3, -0.25) is 0 Å². The Kier molecular flexibility index (Phi) is 2.73. The lowest BCUT2D eigenvalue weighted by Crippen LogP contribution is -2.33. The smallest absolute Gasteiger partial charge is 0.394 e. The highest BCUT2D eigenvalue weighted by atomic mass is 16.6. The van der Waals surface area contributed by atoms with Gasteiger partial charge >= 0.3 is 5.95 Å². The Morgan fingerprint density at radius 1 is 1.71 bits per heavy atom. The van der Waals surface area contributed by atoms with Crippen molar-refractivity contribution < 1.29 is 25.0 Å². The zero-order valence-electron chi connectivity index (χ0n) is 9.54. The van der Waals surface area contributed by atoms with Gasteiger partial charge in [0, 0.05) is 0 Å². The maximum atomic E-state index is 10.7. The van der Waals surface area contributed by atoms with Crippen molar-refractivity contribution >= 4 is 5.95 Å². The molecular weight excluding hydrogens is 234 g/mol. The standard InChI is InChI=1S/C8H11N3O6/c12-3-4-5(13)6(14)7(17-4)10-2-1-9-8(10)11(15)16/h1-2,4-7,12-14H,3H2/t4-,5-,6-,7?/m1/s1/i14D. The van der Waals surface area contributed by atoms with Gasteiger partial charge in [-0.15, -0.1) is 0 Å².